The zero-order valence-electron chi connectivity index (χ0n) is 10.1. The number of amides is 1. The lowest BCUT2D eigenvalue weighted by molar-refractivity contribution is -0.134. The van der Waals surface area contributed by atoms with Gasteiger partial charge in [0, 0.05) is 0 Å². The molecule has 0 spiro atoms. The van der Waals surface area contributed by atoms with Gasteiger partial charge in [0.1, 0.15) is 16.9 Å². The highest BCUT2D eigenvalue weighted by molar-refractivity contribution is 5.86. The Bertz CT molecular complexity index is 464. The van der Waals surface area contributed by atoms with Crippen LogP contribution in [0.15, 0.2) is 16.5 Å². The second-order valence-electron chi connectivity index (χ2n) is 4.90. The minimum Gasteiger partial charge on any atom is -0.465 e. The molecule has 4 nitrogen and oxygen atoms in total. The van der Waals surface area contributed by atoms with E-state index in [4.69, 9.17) is 9.68 Å². The number of hydrogen-bond donors (Lipinski definition) is 1. The lowest BCUT2D eigenvalue weighted by Gasteiger charge is -2.39. The van der Waals surface area contributed by atoms with E-state index >= 15 is 0 Å². The van der Waals surface area contributed by atoms with Gasteiger partial charge in [-0.2, -0.15) is 5.26 Å². The fourth-order valence-electron chi connectivity index (χ4n) is 2.37. The van der Waals surface area contributed by atoms with Gasteiger partial charge in [0.25, 0.3) is 0 Å². The molecule has 4 heteroatoms. The maximum absolute atomic E-state index is 11.9. The van der Waals surface area contributed by atoms with Crippen molar-refractivity contribution in [1.82, 2.24) is 5.32 Å². The molecule has 1 heterocycles. The van der Waals surface area contributed by atoms with E-state index in [-0.39, 0.29) is 5.91 Å². The first-order valence-electron chi connectivity index (χ1n) is 5.80. The molecule has 1 N–H and O–H groups in total. The normalized spacial score (nSPS) is 27.0. The quantitative estimate of drug-likeness (QED) is 0.868. The molecule has 1 aromatic heterocycles. The van der Waals surface area contributed by atoms with E-state index in [0.29, 0.717) is 25.3 Å². The summed E-state index contributed by atoms with van der Waals surface area (Å²) in [6.07, 6.45) is 1.32. The van der Waals surface area contributed by atoms with E-state index in [1.165, 1.54) is 0 Å². The molecule has 0 bridgehead atoms. The molecule has 90 valence electrons. The Morgan fingerprint density at radius 3 is 2.82 bits per heavy atom. The molecule has 1 aliphatic rings. The van der Waals surface area contributed by atoms with Crippen LogP contribution in [0.2, 0.25) is 0 Å². The number of rotatable bonds is 3. The van der Waals surface area contributed by atoms with Crippen molar-refractivity contribution in [2.45, 2.75) is 33.2 Å². The van der Waals surface area contributed by atoms with E-state index in [0.717, 1.165) is 11.5 Å². The van der Waals surface area contributed by atoms with Gasteiger partial charge >= 0.3 is 0 Å². The summed E-state index contributed by atoms with van der Waals surface area (Å²) < 4.78 is 5.36. The maximum atomic E-state index is 11.9. The summed E-state index contributed by atoms with van der Waals surface area (Å²) in [5, 5.41) is 11.9. The largest absolute Gasteiger partial charge is 0.465 e. The topological polar surface area (TPSA) is 66.0 Å². The summed E-state index contributed by atoms with van der Waals surface area (Å²) in [6.45, 7) is 4.26. The number of carbonyl (C=O) groups excluding carboxylic acids is 1. The van der Waals surface area contributed by atoms with E-state index in [1.807, 2.05) is 19.1 Å². The van der Waals surface area contributed by atoms with Crippen LogP contribution >= 0.6 is 0 Å². The van der Waals surface area contributed by atoms with Crippen LogP contribution in [0.4, 0.5) is 0 Å². The first kappa shape index (κ1) is 11.7. The van der Waals surface area contributed by atoms with Gasteiger partial charge < -0.3 is 9.73 Å². The van der Waals surface area contributed by atoms with Gasteiger partial charge in [-0.05, 0) is 37.8 Å². The van der Waals surface area contributed by atoms with Crippen molar-refractivity contribution >= 4 is 5.91 Å². The second-order valence-corrected chi connectivity index (χ2v) is 4.90. The van der Waals surface area contributed by atoms with Gasteiger partial charge in [-0.3, -0.25) is 4.79 Å². The Balaban J connectivity index is 1.92. The summed E-state index contributed by atoms with van der Waals surface area (Å²) >= 11 is 0. The molecule has 17 heavy (non-hydrogen) atoms. The lowest BCUT2D eigenvalue weighted by Crippen LogP contribution is -2.47. The first-order valence-corrected chi connectivity index (χ1v) is 5.80. The molecule has 2 rings (SSSR count). The number of nitriles is 1. The van der Waals surface area contributed by atoms with Crippen LogP contribution in [0.25, 0.3) is 0 Å². The third kappa shape index (κ3) is 2.19. The summed E-state index contributed by atoms with van der Waals surface area (Å²) in [5.41, 5.74) is -0.805. The van der Waals surface area contributed by atoms with Crippen molar-refractivity contribution in [1.29, 1.82) is 5.26 Å². The van der Waals surface area contributed by atoms with Gasteiger partial charge in [0.05, 0.1) is 12.6 Å². The smallest absolute Gasteiger partial charge is 0.240 e. The Morgan fingerprint density at radius 2 is 2.35 bits per heavy atom. The molecule has 1 aliphatic carbocycles. The SMILES string of the molecule is Cc1ccc(CNC(=O)C2(C#N)CC(C)C2)o1. The predicted molar refractivity (Wildman–Crippen MR) is 61.7 cm³/mol. The fourth-order valence-corrected chi connectivity index (χ4v) is 2.37. The minimum absolute atomic E-state index is 0.174. The van der Waals surface area contributed by atoms with Gasteiger partial charge in [0.15, 0.2) is 0 Å². The standard InChI is InChI=1S/C13H16N2O2/c1-9-5-13(6-9,8-14)12(16)15-7-11-4-3-10(2)17-11/h3-4,9H,5-7H2,1-2H3,(H,15,16). The predicted octanol–water partition coefficient (Wildman–Crippen LogP) is 2.14. The van der Waals surface area contributed by atoms with Gasteiger partial charge in [-0.25, -0.2) is 0 Å². The molecule has 1 aromatic rings. The van der Waals surface area contributed by atoms with Crippen LogP contribution in [-0.4, -0.2) is 5.91 Å². The third-order valence-electron chi connectivity index (χ3n) is 3.26. The molecule has 0 radical (unpaired) electrons. The average molecular weight is 232 g/mol. The number of aryl methyl sites for hydroxylation is 1. The molecule has 1 amide bonds. The Labute approximate surface area is 101 Å². The highest BCUT2D eigenvalue weighted by Gasteiger charge is 2.48. The van der Waals surface area contributed by atoms with Crippen molar-refractivity contribution in [3.63, 3.8) is 0 Å². The Kier molecular flexibility index (Phi) is 2.93. The van der Waals surface area contributed by atoms with Crippen molar-refractivity contribution in [3.8, 4) is 6.07 Å². The molecular formula is C13H16N2O2. The Hall–Kier alpha value is -1.76. The number of nitrogens with one attached hydrogen (secondary N) is 1. The molecule has 0 aliphatic heterocycles. The number of hydrogen-bond acceptors (Lipinski definition) is 3. The van der Waals surface area contributed by atoms with Crippen LogP contribution in [-0.2, 0) is 11.3 Å². The third-order valence-corrected chi connectivity index (χ3v) is 3.26. The second kappa shape index (κ2) is 4.25. The monoisotopic (exact) mass is 232 g/mol. The summed E-state index contributed by atoms with van der Waals surface area (Å²) in [4.78, 5) is 11.9. The first-order chi connectivity index (χ1) is 8.05. The fraction of sp³-hybridized carbons (Fsp3) is 0.538. The van der Waals surface area contributed by atoms with Crippen LogP contribution in [0.3, 0.4) is 0 Å². The summed E-state index contributed by atoms with van der Waals surface area (Å²) in [5.74, 6) is 1.83. The van der Waals surface area contributed by atoms with E-state index in [9.17, 15) is 4.79 Å². The zero-order chi connectivity index (χ0) is 12.5. The molecule has 1 fully saturated rings. The van der Waals surface area contributed by atoms with E-state index in [2.05, 4.69) is 18.3 Å². The molecule has 0 atom stereocenters. The van der Waals surface area contributed by atoms with Gasteiger partial charge in [-0.15, -0.1) is 0 Å². The molecule has 0 unspecified atom stereocenters. The van der Waals surface area contributed by atoms with E-state index < -0.39 is 5.41 Å². The number of furan rings is 1. The molecule has 1 saturated carbocycles. The molecule has 0 saturated heterocycles. The zero-order valence-corrected chi connectivity index (χ0v) is 10.1. The molecule has 0 aromatic carbocycles. The van der Waals surface area contributed by atoms with Crippen molar-refractivity contribution in [2.24, 2.45) is 11.3 Å². The highest BCUT2D eigenvalue weighted by atomic mass is 16.3. The average Bonchev–Trinajstić information content (AvgIpc) is 2.67. The van der Waals surface area contributed by atoms with Crippen molar-refractivity contribution < 1.29 is 9.21 Å². The Morgan fingerprint density at radius 1 is 1.65 bits per heavy atom. The van der Waals surface area contributed by atoms with Crippen molar-refractivity contribution in [3.05, 3.63) is 23.7 Å². The van der Waals surface area contributed by atoms with Crippen LogP contribution in [0.5, 0.6) is 0 Å². The summed E-state index contributed by atoms with van der Waals surface area (Å²) in [7, 11) is 0. The maximum Gasteiger partial charge on any atom is 0.240 e. The summed E-state index contributed by atoms with van der Waals surface area (Å²) in [6, 6.07) is 5.83. The van der Waals surface area contributed by atoms with Gasteiger partial charge in [0.2, 0.25) is 5.91 Å². The van der Waals surface area contributed by atoms with E-state index in [1.54, 1.807) is 0 Å². The van der Waals surface area contributed by atoms with Crippen LogP contribution in [0, 0.1) is 29.6 Å². The lowest BCUT2D eigenvalue weighted by atomic mass is 9.63. The van der Waals surface area contributed by atoms with Crippen molar-refractivity contribution in [2.75, 3.05) is 0 Å². The van der Waals surface area contributed by atoms with Gasteiger partial charge in [-0.1, -0.05) is 6.92 Å². The minimum atomic E-state index is -0.805. The number of carbonyl (C=O) groups is 1. The molecular weight excluding hydrogens is 216 g/mol. The highest BCUT2D eigenvalue weighted by Crippen LogP contribution is 2.45. The van der Waals surface area contributed by atoms with Crippen LogP contribution < -0.4 is 5.32 Å². The van der Waals surface area contributed by atoms with Crippen LogP contribution in [0.1, 0.15) is 31.3 Å². The number of nitrogens with zero attached hydrogens (tertiary/aromatic N) is 1.